The van der Waals surface area contributed by atoms with Crippen molar-refractivity contribution < 1.29 is 53.7 Å². The van der Waals surface area contributed by atoms with Gasteiger partial charge in [-0.05, 0) is 18.2 Å². The summed E-state index contributed by atoms with van der Waals surface area (Å²) in [6.45, 7) is -0.186. The molecule has 1 aromatic rings. The second kappa shape index (κ2) is 5.52. The van der Waals surface area contributed by atoms with Gasteiger partial charge in [-0.15, -0.1) is 0 Å². The standard InChI is InChI=1S/C11H9F3N2O2.Na.H/c1-16-5-9(17)15-8-4-6(11(12,13)14)2-3-7(8)10(16)18;;/h2-4H,5H2,1H3,(H,15,17);;/q;+1;-1. The number of anilines is 1. The fraction of sp³-hybridized carbons (Fsp3) is 0.273. The van der Waals surface area contributed by atoms with E-state index in [1.54, 1.807) is 0 Å². The molecule has 0 spiro atoms. The summed E-state index contributed by atoms with van der Waals surface area (Å²) in [5.74, 6) is -1.01. The Bertz CT molecular complexity index is 537. The molecule has 0 aromatic heterocycles. The van der Waals surface area contributed by atoms with Crippen LogP contribution < -0.4 is 34.9 Å². The second-order valence-corrected chi connectivity index (χ2v) is 3.97. The van der Waals surface area contributed by atoms with Crippen LogP contribution in [0.2, 0.25) is 0 Å². The predicted molar refractivity (Wildman–Crippen MR) is 58.1 cm³/mol. The number of nitrogens with zero attached hydrogens (tertiary/aromatic N) is 1. The number of carbonyl (C=O) groups excluding carboxylic acids is 2. The Hall–Kier alpha value is -1.05. The molecule has 4 nitrogen and oxygen atoms in total. The van der Waals surface area contributed by atoms with Gasteiger partial charge in [0.15, 0.2) is 0 Å². The van der Waals surface area contributed by atoms with Gasteiger partial charge in [0.05, 0.1) is 23.4 Å². The van der Waals surface area contributed by atoms with Crippen LogP contribution in [-0.4, -0.2) is 30.3 Å². The Balaban J connectivity index is 0.00000180. The third kappa shape index (κ3) is 3.29. The van der Waals surface area contributed by atoms with Crippen molar-refractivity contribution in [3.63, 3.8) is 0 Å². The van der Waals surface area contributed by atoms with Crippen molar-refractivity contribution in [3.05, 3.63) is 29.3 Å². The summed E-state index contributed by atoms with van der Waals surface area (Å²) in [5.41, 5.74) is -0.959. The first-order chi connectivity index (χ1) is 8.29. The van der Waals surface area contributed by atoms with E-state index in [0.29, 0.717) is 0 Å². The van der Waals surface area contributed by atoms with Crippen molar-refractivity contribution in [1.29, 1.82) is 0 Å². The minimum absolute atomic E-state index is 0. The van der Waals surface area contributed by atoms with Crippen molar-refractivity contribution in [3.8, 4) is 0 Å². The van der Waals surface area contributed by atoms with Crippen LogP contribution in [-0.2, 0) is 11.0 Å². The Labute approximate surface area is 130 Å². The molecule has 0 unspecified atom stereocenters. The number of alkyl halides is 3. The minimum atomic E-state index is -4.51. The fourth-order valence-corrected chi connectivity index (χ4v) is 1.69. The number of hydrogen-bond acceptors (Lipinski definition) is 2. The minimum Gasteiger partial charge on any atom is -1.00 e. The molecule has 0 saturated carbocycles. The molecule has 1 aliphatic rings. The van der Waals surface area contributed by atoms with Gasteiger partial charge in [-0.25, -0.2) is 0 Å². The van der Waals surface area contributed by atoms with Gasteiger partial charge in [-0.1, -0.05) is 0 Å². The predicted octanol–water partition coefficient (Wildman–Crippen LogP) is -1.15. The Morgan fingerprint density at radius 2 is 1.95 bits per heavy atom. The fourth-order valence-electron chi connectivity index (χ4n) is 1.69. The number of halogens is 3. The Morgan fingerprint density at radius 3 is 2.53 bits per heavy atom. The quantitative estimate of drug-likeness (QED) is 0.611. The molecule has 1 N–H and O–H groups in total. The summed E-state index contributed by atoms with van der Waals surface area (Å²) in [7, 11) is 1.41. The number of nitrogens with one attached hydrogen (secondary N) is 1. The van der Waals surface area contributed by atoms with Crippen LogP contribution in [0.15, 0.2) is 18.2 Å². The van der Waals surface area contributed by atoms with Crippen LogP contribution >= 0.6 is 0 Å². The molecular formula is C11H10F3N2NaO2. The van der Waals surface area contributed by atoms with Crippen LogP contribution in [0.5, 0.6) is 0 Å². The van der Waals surface area contributed by atoms with Crippen molar-refractivity contribution in [2.75, 3.05) is 18.9 Å². The normalized spacial score (nSPS) is 15.3. The molecule has 1 aliphatic heterocycles. The molecule has 2 rings (SSSR count). The Morgan fingerprint density at radius 1 is 1.32 bits per heavy atom. The molecule has 1 aromatic carbocycles. The van der Waals surface area contributed by atoms with Gasteiger partial charge in [-0.2, -0.15) is 13.2 Å². The van der Waals surface area contributed by atoms with Gasteiger partial charge in [0.25, 0.3) is 5.91 Å². The van der Waals surface area contributed by atoms with Gasteiger partial charge >= 0.3 is 35.7 Å². The third-order valence-corrected chi connectivity index (χ3v) is 2.58. The molecule has 8 heteroatoms. The number of amides is 2. The van der Waals surface area contributed by atoms with E-state index < -0.39 is 23.6 Å². The third-order valence-electron chi connectivity index (χ3n) is 2.58. The topological polar surface area (TPSA) is 49.4 Å². The largest absolute Gasteiger partial charge is 1.00 e. The van der Waals surface area contributed by atoms with Crippen molar-refractivity contribution in [2.24, 2.45) is 0 Å². The van der Waals surface area contributed by atoms with Crippen LogP contribution in [0, 0.1) is 0 Å². The zero-order chi connectivity index (χ0) is 13.5. The van der Waals surface area contributed by atoms with Crippen LogP contribution in [0.4, 0.5) is 18.9 Å². The van der Waals surface area contributed by atoms with E-state index in [9.17, 15) is 22.8 Å². The second-order valence-electron chi connectivity index (χ2n) is 3.97. The van der Waals surface area contributed by atoms with Gasteiger partial charge in [-0.3, -0.25) is 9.59 Å². The maximum Gasteiger partial charge on any atom is 1.00 e. The molecule has 2 amide bonds. The van der Waals surface area contributed by atoms with Crippen molar-refractivity contribution in [1.82, 2.24) is 4.90 Å². The molecule has 0 fully saturated rings. The zero-order valence-corrected chi connectivity index (χ0v) is 12.3. The summed E-state index contributed by atoms with van der Waals surface area (Å²) in [4.78, 5) is 24.3. The molecule has 0 saturated heterocycles. The van der Waals surface area contributed by atoms with E-state index in [2.05, 4.69) is 5.32 Å². The molecule has 0 radical (unpaired) electrons. The number of fused-ring (bicyclic) bond motifs is 1. The number of rotatable bonds is 0. The summed E-state index contributed by atoms with van der Waals surface area (Å²) < 4.78 is 37.6. The summed E-state index contributed by atoms with van der Waals surface area (Å²) in [6.07, 6.45) is -4.51. The molecule has 0 atom stereocenters. The maximum absolute atomic E-state index is 12.5. The monoisotopic (exact) mass is 282 g/mol. The summed E-state index contributed by atoms with van der Waals surface area (Å²) in [6, 6.07) is 2.66. The average Bonchev–Trinajstić information content (AvgIpc) is 2.35. The first-order valence-corrected chi connectivity index (χ1v) is 5.05. The summed E-state index contributed by atoms with van der Waals surface area (Å²) >= 11 is 0. The van der Waals surface area contributed by atoms with Gasteiger partial charge in [0, 0.05) is 7.05 Å². The first-order valence-electron chi connectivity index (χ1n) is 5.05. The van der Waals surface area contributed by atoms with Crippen molar-refractivity contribution >= 4 is 17.5 Å². The molecule has 0 aliphatic carbocycles. The van der Waals surface area contributed by atoms with Crippen molar-refractivity contribution in [2.45, 2.75) is 6.18 Å². The van der Waals surface area contributed by atoms with Gasteiger partial charge < -0.3 is 11.6 Å². The van der Waals surface area contributed by atoms with E-state index in [0.717, 1.165) is 23.1 Å². The van der Waals surface area contributed by atoms with E-state index in [1.807, 2.05) is 0 Å². The van der Waals surface area contributed by atoms with E-state index in [4.69, 9.17) is 0 Å². The number of carbonyl (C=O) groups is 2. The number of likely N-dealkylation sites (N-methyl/N-ethyl adjacent to an activating group) is 1. The SMILES string of the molecule is CN1CC(=O)Nc2cc(C(F)(F)F)ccc2C1=O.[H-].[Na+]. The molecule has 98 valence electrons. The van der Waals surface area contributed by atoms with Gasteiger partial charge in [0.2, 0.25) is 5.91 Å². The molecule has 19 heavy (non-hydrogen) atoms. The van der Waals surface area contributed by atoms with E-state index >= 15 is 0 Å². The van der Waals surface area contributed by atoms with E-state index in [1.165, 1.54) is 7.05 Å². The first kappa shape index (κ1) is 16.0. The van der Waals surface area contributed by atoms with Crippen LogP contribution in [0.25, 0.3) is 0 Å². The Kier molecular flexibility index (Phi) is 4.65. The zero-order valence-electron chi connectivity index (χ0n) is 11.3. The number of hydrogen-bond donors (Lipinski definition) is 1. The van der Waals surface area contributed by atoms with Crippen LogP contribution in [0.1, 0.15) is 17.3 Å². The van der Waals surface area contributed by atoms with Crippen LogP contribution in [0.3, 0.4) is 0 Å². The molecule has 1 heterocycles. The summed E-state index contributed by atoms with van der Waals surface area (Å²) in [5, 5.41) is 2.29. The number of benzene rings is 1. The average molecular weight is 282 g/mol. The smallest absolute Gasteiger partial charge is 1.00 e. The maximum atomic E-state index is 12.5. The molecular weight excluding hydrogens is 272 g/mol. The molecule has 0 bridgehead atoms. The van der Waals surface area contributed by atoms with Gasteiger partial charge in [0.1, 0.15) is 0 Å². The van der Waals surface area contributed by atoms with E-state index in [-0.39, 0.29) is 48.8 Å².